The number of thiophene rings is 1. The van der Waals surface area contributed by atoms with E-state index >= 15 is 0 Å². The van der Waals surface area contributed by atoms with Gasteiger partial charge in [-0.2, -0.15) is 0 Å². The molecule has 2 aromatic rings. The number of ether oxygens (including phenoxy) is 1. The van der Waals surface area contributed by atoms with Gasteiger partial charge in [0.25, 0.3) is 0 Å². The Hall–Kier alpha value is -1.03. The van der Waals surface area contributed by atoms with Gasteiger partial charge in [0.2, 0.25) is 0 Å². The van der Waals surface area contributed by atoms with E-state index in [1.807, 2.05) is 18.2 Å². The third kappa shape index (κ3) is 3.30. The molecule has 4 heteroatoms. The lowest BCUT2D eigenvalue weighted by Gasteiger charge is -2.16. The van der Waals surface area contributed by atoms with Crippen LogP contribution in [0.25, 0.3) is 0 Å². The molecule has 102 valence electrons. The second kappa shape index (κ2) is 6.42. The van der Waals surface area contributed by atoms with Gasteiger partial charge in [0, 0.05) is 10.8 Å². The van der Waals surface area contributed by atoms with Crippen molar-refractivity contribution in [3.05, 3.63) is 50.7 Å². The molecule has 2 nitrogen and oxygen atoms in total. The second-order valence-corrected chi connectivity index (χ2v) is 5.97. The molecular formula is C15H18ClNOS. The molecule has 19 heavy (non-hydrogen) atoms. The minimum Gasteiger partial charge on any atom is -0.495 e. The molecule has 0 radical (unpaired) electrons. The predicted octanol–water partition coefficient (Wildman–Crippen LogP) is 4.00. The van der Waals surface area contributed by atoms with E-state index in [9.17, 15) is 0 Å². The average molecular weight is 296 g/mol. The summed E-state index contributed by atoms with van der Waals surface area (Å²) in [6.07, 6.45) is 0.961. The van der Waals surface area contributed by atoms with Crippen LogP contribution in [0.15, 0.2) is 29.6 Å². The molecule has 1 unspecified atom stereocenters. The molecule has 0 fully saturated rings. The lowest BCUT2D eigenvalue weighted by atomic mass is 9.94. The lowest BCUT2D eigenvalue weighted by Crippen LogP contribution is -2.15. The minimum absolute atomic E-state index is 0.292. The zero-order valence-electron chi connectivity index (χ0n) is 11.2. The maximum Gasteiger partial charge on any atom is 0.137 e. The molecule has 2 N–H and O–H groups in total. The van der Waals surface area contributed by atoms with Crippen molar-refractivity contribution in [2.24, 2.45) is 5.73 Å². The number of benzene rings is 1. The van der Waals surface area contributed by atoms with Crippen LogP contribution in [0.5, 0.6) is 5.75 Å². The van der Waals surface area contributed by atoms with Gasteiger partial charge >= 0.3 is 0 Å². The summed E-state index contributed by atoms with van der Waals surface area (Å²) in [5, 5.41) is 2.76. The van der Waals surface area contributed by atoms with Gasteiger partial charge in [-0.15, -0.1) is 11.3 Å². The van der Waals surface area contributed by atoms with Crippen molar-refractivity contribution in [1.29, 1.82) is 0 Å². The van der Waals surface area contributed by atoms with Crippen LogP contribution in [0.3, 0.4) is 0 Å². The van der Waals surface area contributed by atoms with Crippen molar-refractivity contribution in [2.75, 3.05) is 13.7 Å². The Kier molecular flexibility index (Phi) is 4.86. The monoisotopic (exact) mass is 295 g/mol. The fourth-order valence-corrected chi connectivity index (χ4v) is 3.36. The molecule has 1 aromatic carbocycles. The molecule has 0 amide bonds. The van der Waals surface area contributed by atoms with Gasteiger partial charge in [-0.3, -0.25) is 0 Å². The summed E-state index contributed by atoms with van der Waals surface area (Å²) in [4.78, 5) is 1.39. The first kappa shape index (κ1) is 14.4. The number of aryl methyl sites for hydroxylation is 1. The van der Waals surface area contributed by atoms with E-state index in [0.717, 1.165) is 6.42 Å². The van der Waals surface area contributed by atoms with E-state index in [0.29, 0.717) is 23.2 Å². The minimum atomic E-state index is 0.292. The molecule has 1 atom stereocenters. The van der Waals surface area contributed by atoms with Crippen molar-refractivity contribution in [2.45, 2.75) is 19.3 Å². The van der Waals surface area contributed by atoms with E-state index < -0.39 is 0 Å². The zero-order chi connectivity index (χ0) is 13.8. The lowest BCUT2D eigenvalue weighted by molar-refractivity contribution is 0.414. The highest BCUT2D eigenvalue weighted by atomic mass is 35.5. The van der Waals surface area contributed by atoms with Crippen molar-refractivity contribution < 1.29 is 4.74 Å². The second-order valence-electron chi connectivity index (χ2n) is 4.56. The number of methoxy groups -OCH3 is 1. The Morgan fingerprint density at radius 1 is 1.37 bits per heavy atom. The first-order valence-electron chi connectivity index (χ1n) is 6.22. The first-order valence-corrected chi connectivity index (χ1v) is 7.48. The summed E-state index contributed by atoms with van der Waals surface area (Å²) in [6.45, 7) is 2.75. The highest BCUT2D eigenvalue weighted by Crippen LogP contribution is 2.31. The molecule has 0 bridgehead atoms. The Bertz CT molecular complexity index is 553. The van der Waals surface area contributed by atoms with Crippen LogP contribution in [0.4, 0.5) is 0 Å². The van der Waals surface area contributed by atoms with Gasteiger partial charge in [0.05, 0.1) is 12.1 Å². The predicted molar refractivity (Wildman–Crippen MR) is 82.6 cm³/mol. The number of halogens is 1. The number of nitrogens with two attached hydrogens (primary N) is 1. The van der Waals surface area contributed by atoms with E-state index in [1.54, 1.807) is 18.4 Å². The SMILES string of the molecule is COc1ccc(C(CN)Cc2sccc2C)cc1Cl. The van der Waals surface area contributed by atoms with Gasteiger partial charge in [-0.25, -0.2) is 0 Å². The summed E-state index contributed by atoms with van der Waals surface area (Å²) in [5.41, 5.74) is 8.43. The molecule has 1 aromatic heterocycles. The third-order valence-corrected chi connectivity index (χ3v) is 4.67. The summed E-state index contributed by atoms with van der Waals surface area (Å²) in [6, 6.07) is 8.06. The summed E-state index contributed by atoms with van der Waals surface area (Å²) in [5.74, 6) is 0.995. The molecule has 0 saturated carbocycles. The Morgan fingerprint density at radius 2 is 2.16 bits per heavy atom. The smallest absolute Gasteiger partial charge is 0.137 e. The van der Waals surface area contributed by atoms with E-state index in [2.05, 4.69) is 18.4 Å². The fourth-order valence-electron chi connectivity index (χ4n) is 2.11. The molecule has 0 spiro atoms. The van der Waals surface area contributed by atoms with Crippen LogP contribution in [0, 0.1) is 6.92 Å². The number of rotatable bonds is 5. The van der Waals surface area contributed by atoms with Gasteiger partial charge < -0.3 is 10.5 Å². The van der Waals surface area contributed by atoms with Crippen LogP contribution in [0.2, 0.25) is 5.02 Å². The summed E-state index contributed by atoms with van der Waals surface area (Å²) in [7, 11) is 1.62. The summed E-state index contributed by atoms with van der Waals surface area (Å²) < 4.78 is 5.18. The van der Waals surface area contributed by atoms with Crippen LogP contribution >= 0.6 is 22.9 Å². The Labute approximate surface area is 123 Å². The average Bonchev–Trinajstić information content (AvgIpc) is 2.81. The molecule has 0 aliphatic rings. The van der Waals surface area contributed by atoms with Crippen LogP contribution < -0.4 is 10.5 Å². The molecule has 0 aliphatic carbocycles. The molecule has 0 aliphatic heterocycles. The van der Waals surface area contributed by atoms with Crippen molar-refractivity contribution in [1.82, 2.24) is 0 Å². The van der Waals surface area contributed by atoms with Gasteiger partial charge in [0.1, 0.15) is 5.75 Å². The standard InChI is InChI=1S/C15H18ClNOS/c1-10-5-6-19-15(10)8-12(9-17)11-3-4-14(18-2)13(16)7-11/h3-7,12H,8-9,17H2,1-2H3. The van der Waals surface area contributed by atoms with Crippen LogP contribution in [-0.4, -0.2) is 13.7 Å². The highest BCUT2D eigenvalue weighted by molar-refractivity contribution is 7.10. The van der Waals surface area contributed by atoms with Crippen molar-refractivity contribution >= 4 is 22.9 Å². The zero-order valence-corrected chi connectivity index (χ0v) is 12.7. The van der Waals surface area contributed by atoms with Gasteiger partial charge in [0.15, 0.2) is 0 Å². The van der Waals surface area contributed by atoms with Gasteiger partial charge in [-0.05, 0) is 54.6 Å². The normalized spacial score (nSPS) is 12.4. The maximum absolute atomic E-state index is 6.18. The topological polar surface area (TPSA) is 35.2 Å². The fraction of sp³-hybridized carbons (Fsp3) is 0.333. The number of hydrogen-bond acceptors (Lipinski definition) is 3. The molecule has 1 heterocycles. The van der Waals surface area contributed by atoms with Crippen molar-refractivity contribution in [3.8, 4) is 5.75 Å². The Balaban J connectivity index is 2.22. The largest absolute Gasteiger partial charge is 0.495 e. The molecular weight excluding hydrogens is 278 g/mol. The van der Waals surface area contributed by atoms with Crippen LogP contribution in [0.1, 0.15) is 21.9 Å². The third-order valence-electron chi connectivity index (χ3n) is 3.33. The van der Waals surface area contributed by atoms with Crippen molar-refractivity contribution in [3.63, 3.8) is 0 Å². The van der Waals surface area contributed by atoms with Crippen LogP contribution in [-0.2, 0) is 6.42 Å². The van der Waals surface area contributed by atoms with E-state index in [4.69, 9.17) is 22.1 Å². The van der Waals surface area contributed by atoms with E-state index in [-0.39, 0.29) is 0 Å². The first-order chi connectivity index (χ1) is 9.15. The molecule has 0 saturated heterocycles. The maximum atomic E-state index is 6.18. The molecule has 2 rings (SSSR count). The van der Waals surface area contributed by atoms with Gasteiger partial charge in [-0.1, -0.05) is 17.7 Å². The van der Waals surface area contributed by atoms with E-state index in [1.165, 1.54) is 16.0 Å². The Morgan fingerprint density at radius 3 is 2.68 bits per heavy atom. The summed E-state index contributed by atoms with van der Waals surface area (Å²) >= 11 is 7.97. The highest BCUT2D eigenvalue weighted by Gasteiger charge is 2.14. The quantitative estimate of drug-likeness (QED) is 0.905. The number of hydrogen-bond donors (Lipinski definition) is 1.